The van der Waals surface area contributed by atoms with Gasteiger partial charge in [0.15, 0.2) is 11.5 Å². The van der Waals surface area contributed by atoms with Gasteiger partial charge in [-0.25, -0.2) is 4.79 Å². The first kappa shape index (κ1) is 18.6. The standard InChI is InChI=1S/C22H20N4O3/c1-2-29-22(28)16-8-4-5-9-17(16)23-21(27)18-11-12-20(25-24-18)26-14-13-15-7-3-6-10-19(15)26/h3-12H,2,13-14H2,1H3,(H,23,27). The quantitative estimate of drug-likeness (QED) is 0.673. The second-order valence-electron chi connectivity index (χ2n) is 6.53. The number of fused-ring (bicyclic) bond motifs is 1. The van der Waals surface area contributed by atoms with Gasteiger partial charge in [0.05, 0.1) is 17.9 Å². The number of benzene rings is 2. The van der Waals surface area contributed by atoms with Crippen LogP contribution < -0.4 is 10.2 Å². The van der Waals surface area contributed by atoms with Crippen molar-refractivity contribution in [2.24, 2.45) is 0 Å². The molecule has 1 aromatic heterocycles. The molecule has 4 rings (SSSR count). The van der Waals surface area contributed by atoms with E-state index in [0.29, 0.717) is 17.1 Å². The number of nitrogens with one attached hydrogen (secondary N) is 1. The van der Waals surface area contributed by atoms with Crippen molar-refractivity contribution in [1.82, 2.24) is 10.2 Å². The molecule has 2 heterocycles. The van der Waals surface area contributed by atoms with Gasteiger partial charge in [0.2, 0.25) is 0 Å². The number of carbonyl (C=O) groups excluding carboxylic acids is 2. The van der Waals surface area contributed by atoms with Gasteiger partial charge in [-0.05, 0) is 49.2 Å². The predicted octanol–water partition coefficient (Wildman–Crippen LogP) is 3.60. The largest absolute Gasteiger partial charge is 0.462 e. The zero-order chi connectivity index (χ0) is 20.2. The molecule has 0 spiro atoms. The lowest BCUT2D eigenvalue weighted by Crippen LogP contribution is -2.19. The third kappa shape index (κ3) is 3.80. The van der Waals surface area contributed by atoms with Gasteiger partial charge in [-0.1, -0.05) is 30.3 Å². The molecule has 0 saturated heterocycles. The molecule has 0 fully saturated rings. The molecule has 7 nitrogen and oxygen atoms in total. The number of nitrogens with zero attached hydrogens (tertiary/aromatic N) is 3. The van der Waals surface area contributed by atoms with E-state index in [4.69, 9.17) is 4.74 Å². The fourth-order valence-corrected chi connectivity index (χ4v) is 3.33. The summed E-state index contributed by atoms with van der Waals surface area (Å²) in [6, 6.07) is 18.3. The molecule has 1 N–H and O–H groups in total. The molecule has 0 aliphatic carbocycles. The Morgan fingerprint density at radius 1 is 1.03 bits per heavy atom. The van der Waals surface area contributed by atoms with Crippen molar-refractivity contribution in [3.8, 4) is 0 Å². The molecule has 1 aliphatic rings. The van der Waals surface area contributed by atoms with Crippen LogP contribution in [-0.2, 0) is 11.2 Å². The highest BCUT2D eigenvalue weighted by atomic mass is 16.5. The Kier molecular flexibility index (Phi) is 5.20. The lowest BCUT2D eigenvalue weighted by molar-refractivity contribution is 0.0527. The molecule has 7 heteroatoms. The maximum Gasteiger partial charge on any atom is 0.340 e. The minimum atomic E-state index is -0.488. The average Bonchev–Trinajstić information content (AvgIpc) is 3.18. The predicted molar refractivity (Wildman–Crippen MR) is 110 cm³/mol. The van der Waals surface area contributed by atoms with Gasteiger partial charge >= 0.3 is 5.97 Å². The first-order valence-electron chi connectivity index (χ1n) is 9.44. The number of para-hydroxylation sites is 2. The Balaban J connectivity index is 1.51. The molecule has 1 amide bonds. The van der Waals surface area contributed by atoms with Crippen LogP contribution in [0.2, 0.25) is 0 Å². The Bertz CT molecular complexity index is 1050. The number of anilines is 3. The first-order chi connectivity index (χ1) is 14.2. The van der Waals surface area contributed by atoms with Gasteiger partial charge in [0.1, 0.15) is 0 Å². The highest BCUT2D eigenvalue weighted by molar-refractivity contribution is 6.07. The molecule has 0 radical (unpaired) electrons. The normalized spacial score (nSPS) is 12.4. The maximum atomic E-state index is 12.6. The van der Waals surface area contributed by atoms with Crippen LogP contribution in [0.1, 0.15) is 33.3 Å². The van der Waals surface area contributed by atoms with E-state index in [9.17, 15) is 9.59 Å². The molecule has 0 bridgehead atoms. The van der Waals surface area contributed by atoms with Crippen LogP contribution >= 0.6 is 0 Å². The van der Waals surface area contributed by atoms with E-state index >= 15 is 0 Å². The molecule has 146 valence electrons. The van der Waals surface area contributed by atoms with Crippen LogP contribution in [0, 0.1) is 0 Å². The molecule has 2 aromatic carbocycles. The summed E-state index contributed by atoms with van der Waals surface area (Å²) in [5.41, 5.74) is 3.21. The third-order valence-electron chi connectivity index (χ3n) is 4.72. The van der Waals surface area contributed by atoms with Crippen molar-refractivity contribution in [3.63, 3.8) is 0 Å². The van der Waals surface area contributed by atoms with Crippen LogP contribution in [-0.4, -0.2) is 35.2 Å². The van der Waals surface area contributed by atoms with Crippen LogP contribution in [0.4, 0.5) is 17.2 Å². The lowest BCUT2D eigenvalue weighted by Gasteiger charge is -2.17. The van der Waals surface area contributed by atoms with Crippen molar-refractivity contribution in [2.45, 2.75) is 13.3 Å². The Hall–Kier alpha value is -3.74. The average molecular weight is 388 g/mol. The summed E-state index contributed by atoms with van der Waals surface area (Å²) in [6.07, 6.45) is 0.949. The third-order valence-corrected chi connectivity index (χ3v) is 4.72. The molecule has 0 saturated carbocycles. The summed E-state index contributed by atoms with van der Waals surface area (Å²) in [5.74, 6) is -0.237. The van der Waals surface area contributed by atoms with E-state index in [0.717, 1.165) is 18.7 Å². The SMILES string of the molecule is CCOC(=O)c1ccccc1NC(=O)c1ccc(N2CCc3ccccc32)nn1. The molecule has 3 aromatic rings. The van der Waals surface area contributed by atoms with E-state index in [1.807, 2.05) is 12.1 Å². The van der Waals surface area contributed by atoms with Gasteiger partial charge in [-0.2, -0.15) is 0 Å². The van der Waals surface area contributed by atoms with Gasteiger partial charge in [0, 0.05) is 12.2 Å². The summed E-state index contributed by atoms with van der Waals surface area (Å²) in [5, 5.41) is 11.0. The summed E-state index contributed by atoms with van der Waals surface area (Å²) in [7, 11) is 0. The van der Waals surface area contributed by atoms with Crippen molar-refractivity contribution >= 4 is 29.1 Å². The molecular weight excluding hydrogens is 368 g/mol. The number of ether oxygens (including phenoxy) is 1. The highest BCUT2D eigenvalue weighted by Gasteiger charge is 2.22. The van der Waals surface area contributed by atoms with Gasteiger partial charge in [0.25, 0.3) is 5.91 Å². The monoisotopic (exact) mass is 388 g/mol. The van der Waals surface area contributed by atoms with Gasteiger partial charge in [-0.15, -0.1) is 10.2 Å². The van der Waals surface area contributed by atoms with Gasteiger partial charge < -0.3 is 15.0 Å². The van der Waals surface area contributed by atoms with Crippen molar-refractivity contribution in [2.75, 3.05) is 23.4 Å². The maximum absolute atomic E-state index is 12.6. The molecule has 29 heavy (non-hydrogen) atoms. The molecule has 0 atom stereocenters. The topological polar surface area (TPSA) is 84.4 Å². The number of esters is 1. The number of rotatable bonds is 5. The molecule has 1 aliphatic heterocycles. The van der Waals surface area contributed by atoms with E-state index < -0.39 is 11.9 Å². The minimum Gasteiger partial charge on any atom is -0.462 e. The number of aromatic nitrogens is 2. The second-order valence-corrected chi connectivity index (χ2v) is 6.53. The number of carbonyl (C=O) groups is 2. The van der Waals surface area contributed by atoms with Gasteiger partial charge in [-0.3, -0.25) is 4.79 Å². The van der Waals surface area contributed by atoms with Crippen LogP contribution in [0.3, 0.4) is 0 Å². The van der Waals surface area contributed by atoms with E-state index in [-0.39, 0.29) is 12.3 Å². The fourth-order valence-electron chi connectivity index (χ4n) is 3.33. The van der Waals surface area contributed by atoms with Crippen LogP contribution in [0.5, 0.6) is 0 Å². The zero-order valence-electron chi connectivity index (χ0n) is 16.0. The molecule has 0 unspecified atom stereocenters. The molecular formula is C22H20N4O3. The Morgan fingerprint density at radius 2 is 1.83 bits per heavy atom. The van der Waals surface area contributed by atoms with E-state index in [1.54, 1.807) is 43.3 Å². The van der Waals surface area contributed by atoms with Crippen molar-refractivity contribution < 1.29 is 14.3 Å². The second kappa shape index (κ2) is 8.10. The summed E-state index contributed by atoms with van der Waals surface area (Å²) in [4.78, 5) is 26.8. The van der Waals surface area contributed by atoms with Crippen LogP contribution in [0.15, 0.2) is 60.7 Å². The van der Waals surface area contributed by atoms with E-state index in [2.05, 4.69) is 32.5 Å². The minimum absolute atomic E-state index is 0.167. The Morgan fingerprint density at radius 3 is 2.62 bits per heavy atom. The summed E-state index contributed by atoms with van der Waals surface area (Å²) < 4.78 is 5.03. The number of hydrogen-bond acceptors (Lipinski definition) is 6. The zero-order valence-corrected chi connectivity index (χ0v) is 16.0. The van der Waals surface area contributed by atoms with Crippen molar-refractivity contribution in [1.29, 1.82) is 0 Å². The Labute approximate surface area is 168 Å². The first-order valence-corrected chi connectivity index (χ1v) is 9.44. The van der Waals surface area contributed by atoms with E-state index in [1.165, 1.54) is 5.56 Å². The summed E-state index contributed by atoms with van der Waals surface area (Å²) in [6.45, 7) is 2.81. The van der Waals surface area contributed by atoms with Crippen LogP contribution in [0.25, 0.3) is 0 Å². The van der Waals surface area contributed by atoms with Crippen molar-refractivity contribution in [3.05, 3.63) is 77.5 Å². The number of hydrogen-bond donors (Lipinski definition) is 1. The fraction of sp³-hybridized carbons (Fsp3) is 0.182. The number of amides is 1. The smallest absolute Gasteiger partial charge is 0.340 e. The highest BCUT2D eigenvalue weighted by Crippen LogP contribution is 2.32. The summed E-state index contributed by atoms with van der Waals surface area (Å²) >= 11 is 0. The lowest BCUT2D eigenvalue weighted by atomic mass is 10.1.